The average Bonchev–Trinajstić information content (AvgIpc) is 2.87. The molecule has 9 heteroatoms. The van der Waals surface area contributed by atoms with E-state index >= 15 is 0 Å². The van der Waals surface area contributed by atoms with E-state index in [0.717, 1.165) is 5.82 Å². The molecule has 1 saturated heterocycles. The van der Waals surface area contributed by atoms with Crippen LogP contribution in [0.3, 0.4) is 0 Å². The minimum absolute atomic E-state index is 0.335. The maximum absolute atomic E-state index is 8.46. The van der Waals surface area contributed by atoms with Crippen molar-refractivity contribution in [2.24, 2.45) is 17.3 Å². The Hall–Kier alpha value is -2.37. The molecule has 0 amide bonds. The molecule has 0 N–H and O–H groups in total. The molecule has 1 aliphatic heterocycles. The predicted octanol–water partition coefficient (Wildman–Crippen LogP) is 1.60. The fourth-order valence-electron chi connectivity index (χ4n) is 1.89. The van der Waals surface area contributed by atoms with Crippen molar-refractivity contribution < 1.29 is 0 Å². The number of anilines is 1. The first-order chi connectivity index (χ1) is 8.24. The topological polar surface area (TPSA) is 119 Å². The van der Waals surface area contributed by atoms with Crippen molar-refractivity contribution in [3.63, 3.8) is 0 Å². The van der Waals surface area contributed by atoms with Gasteiger partial charge in [0.25, 0.3) is 0 Å². The van der Waals surface area contributed by atoms with Crippen molar-refractivity contribution in [2.75, 3.05) is 18.0 Å². The summed E-state index contributed by atoms with van der Waals surface area (Å²) >= 11 is 0. The summed E-state index contributed by atoms with van der Waals surface area (Å²) in [6, 6.07) is 1.20. The zero-order valence-electron chi connectivity index (χ0n) is 9.25. The molecule has 0 aliphatic carbocycles. The van der Waals surface area contributed by atoms with Crippen molar-refractivity contribution in [1.29, 1.82) is 0 Å². The Kier molecular flexibility index (Phi) is 3.04. The monoisotopic (exact) mass is 233 g/mol. The number of nitrogens with zero attached hydrogens (tertiary/aromatic N) is 9. The summed E-state index contributed by atoms with van der Waals surface area (Å²) < 4.78 is 1.69. The van der Waals surface area contributed by atoms with Crippen LogP contribution >= 0.6 is 0 Å². The van der Waals surface area contributed by atoms with Crippen LogP contribution in [0.25, 0.3) is 20.9 Å². The van der Waals surface area contributed by atoms with E-state index < -0.39 is 0 Å². The smallest absolute Gasteiger partial charge is 0.150 e. The van der Waals surface area contributed by atoms with Crippen molar-refractivity contribution in [3.8, 4) is 0 Å². The summed E-state index contributed by atoms with van der Waals surface area (Å²) in [5.41, 5.74) is 16.9. The second kappa shape index (κ2) is 4.65. The van der Waals surface area contributed by atoms with Gasteiger partial charge in [-0.25, -0.2) is 0 Å². The highest BCUT2D eigenvalue weighted by molar-refractivity contribution is 5.40. The van der Waals surface area contributed by atoms with Gasteiger partial charge in [0.1, 0.15) is 0 Å². The molecular weight excluding hydrogens is 222 g/mol. The number of rotatable bonds is 3. The second-order valence-electron chi connectivity index (χ2n) is 3.80. The van der Waals surface area contributed by atoms with Gasteiger partial charge in [-0.2, -0.15) is 5.10 Å². The maximum Gasteiger partial charge on any atom is 0.150 e. The predicted molar refractivity (Wildman–Crippen MR) is 61.3 cm³/mol. The zero-order chi connectivity index (χ0) is 12.3. The van der Waals surface area contributed by atoms with Gasteiger partial charge in [-0.15, -0.1) is 0 Å². The van der Waals surface area contributed by atoms with Gasteiger partial charge >= 0.3 is 0 Å². The highest BCUT2D eigenvalue weighted by Gasteiger charge is 2.32. The SMILES string of the molecule is Cn1ccc(N2CC(N=[N+]=[N-])C(N=[N+]=[N-])C2)n1. The molecule has 2 rings (SSSR count). The van der Waals surface area contributed by atoms with Gasteiger partial charge in [-0.05, 0) is 11.1 Å². The molecule has 0 bridgehead atoms. The van der Waals surface area contributed by atoms with Crippen LogP contribution in [-0.2, 0) is 7.05 Å². The third-order valence-corrected chi connectivity index (χ3v) is 2.68. The van der Waals surface area contributed by atoms with Crippen LogP contribution in [0.2, 0.25) is 0 Å². The van der Waals surface area contributed by atoms with E-state index in [1.165, 1.54) is 0 Å². The average molecular weight is 233 g/mol. The molecule has 0 saturated carbocycles. The summed E-state index contributed by atoms with van der Waals surface area (Å²) in [7, 11) is 1.83. The molecule has 1 aliphatic rings. The molecule has 88 valence electrons. The fraction of sp³-hybridized carbons (Fsp3) is 0.625. The molecule has 2 heterocycles. The number of hydrogen-bond donors (Lipinski definition) is 0. The van der Waals surface area contributed by atoms with E-state index in [4.69, 9.17) is 11.1 Å². The Morgan fingerprint density at radius 1 is 1.29 bits per heavy atom. The van der Waals surface area contributed by atoms with Crippen LogP contribution in [0.4, 0.5) is 5.82 Å². The van der Waals surface area contributed by atoms with Crippen molar-refractivity contribution in [2.45, 2.75) is 12.1 Å². The number of aryl methyl sites for hydroxylation is 1. The largest absolute Gasteiger partial charge is 0.354 e. The lowest BCUT2D eigenvalue weighted by Gasteiger charge is -2.13. The van der Waals surface area contributed by atoms with Crippen LogP contribution in [0, 0.1) is 0 Å². The zero-order valence-corrected chi connectivity index (χ0v) is 9.25. The van der Waals surface area contributed by atoms with Gasteiger partial charge in [0, 0.05) is 42.2 Å². The molecule has 0 radical (unpaired) electrons. The molecule has 0 aromatic carbocycles. The van der Waals surface area contributed by atoms with Gasteiger partial charge in [0.15, 0.2) is 5.82 Å². The second-order valence-corrected chi connectivity index (χ2v) is 3.80. The molecule has 2 atom stereocenters. The summed E-state index contributed by atoms with van der Waals surface area (Å²) in [6.45, 7) is 1.04. The lowest BCUT2D eigenvalue weighted by atomic mass is 10.2. The molecule has 0 spiro atoms. The third-order valence-electron chi connectivity index (χ3n) is 2.68. The van der Waals surface area contributed by atoms with Crippen LogP contribution in [0.5, 0.6) is 0 Å². The van der Waals surface area contributed by atoms with Crippen molar-refractivity contribution >= 4 is 5.82 Å². The number of hydrogen-bond acceptors (Lipinski definition) is 4. The molecule has 1 aromatic heterocycles. The molecule has 9 nitrogen and oxygen atoms in total. The molecule has 17 heavy (non-hydrogen) atoms. The first kappa shape index (κ1) is 11.1. The maximum atomic E-state index is 8.46. The molecule has 1 fully saturated rings. The van der Waals surface area contributed by atoms with E-state index in [-0.39, 0.29) is 12.1 Å². The summed E-state index contributed by atoms with van der Waals surface area (Å²) in [6.07, 6.45) is 1.83. The normalized spacial score (nSPS) is 23.0. The van der Waals surface area contributed by atoms with Gasteiger partial charge in [-0.1, -0.05) is 10.2 Å². The minimum Gasteiger partial charge on any atom is -0.354 e. The van der Waals surface area contributed by atoms with Crippen LogP contribution < -0.4 is 4.90 Å². The fourth-order valence-corrected chi connectivity index (χ4v) is 1.89. The quantitative estimate of drug-likeness (QED) is 0.447. The highest BCUT2D eigenvalue weighted by atomic mass is 15.4. The van der Waals surface area contributed by atoms with E-state index in [2.05, 4.69) is 25.2 Å². The lowest BCUT2D eigenvalue weighted by molar-refractivity contribution is 0.634. The first-order valence-electron chi connectivity index (χ1n) is 5.07. The molecule has 1 aromatic rings. The Balaban J connectivity index is 2.18. The Labute approximate surface area is 96.9 Å². The molecular formula is C8H11N9. The minimum atomic E-state index is -0.335. The van der Waals surface area contributed by atoms with Gasteiger partial charge < -0.3 is 4.90 Å². The van der Waals surface area contributed by atoms with Crippen LogP contribution in [0.1, 0.15) is 0 Å². The van der Waals surface area contributed by atoms with Crippen LogP contribution in [-0.4, -0.2) is 35.0 Å². The lowest BCUT2D eigenvalue weighted by Crippen LogP contribution is -2.21. The van der Waals surface area contributed by atoms with Crippen molar-refractivity contribution in [1.82, 2.24) is 9.78 Å². The Bertz CT molecular complexity index is 467. The Morgan fingerprint density at radius 2 is 1.88 bits per heavy atom. The van der Waals surface area contributed by atoms with E-state index in [9.17, 15) is 0 Å². The van der Waals surface area contributed by atoms with E-state index in [1.54, 1.807) is 4.68 Å². The Morgan fingerprint density at radius 3 is 2.29 bits per heavy atom. The highest BCUT2D eigenvalue weighted by Crippen LogP contribution is 2.22. The summed E-state index contributed by atoms with van der Waals surface area (Å²) in [5, 5.41) is 11.5. The summed E-state index contributed by atoms with van der Waals surface area (Å²) in [5.74, 6) is 0.793. The van der Waals surface area contributed by atoms with Gasteiger partial charge in [-0.3, -0.25) is 4.68 Å². The van der Waals surface area contributed by atoms with E-state index in [0.29, 0.717) is 13.1 Å². The van der Waals surface area contributed by atoms with Crippen LogP contribution in [0.15, 0.2) is 22.5 Å². The summed E-state index contributed by atoms with van der Waals surface area (Å²) in [4.78, 5) is 7.49. The van der Waals surface area contributed by atoms with Gasteiger partial charge in [0.05, 0.1) is 12.1 Å². The first-order valence-corrected chi connectivity index (χ1v) is 5.07. The molecule has 2 unspecified atom stereocenters. The number of aromatic nitrogens is 2. The van der Waals surface area contributed by atoms with Crippen molar-refractivity contribution in [3.05, 3.63) is 33.1 Å². The van der Waals surface area contributed by atoms with E-state index in [1.807, 2.05) is 24.2 Å². The third kappa shape index (κ3) is 2.25. The number of azide groups is 2. The standard InChI is InChI=1S/C8H11N9/c1-16-3-2-8(13-16)17-4-6(11-14-9)7(5-17)12-15-10/h2-3,6-7H,4-5H2,1H3. The van der Waals surface area contributed by atoms with Gasteiger partial charge in [0.2, 0.25) is 0 Å².